The van der Waals surface area contributed by atoms with Gasteiger partial charge in [0.1, 0.15) is 5.82 Å². The Morgan fingerprint density at radius 3 is 2.67 bits per heavy atom. The van der Waals surface area contributed by atoms with E-state index in [1.165, 1.54) is 19.3 Å². The summed E-state index contributed by atoms with van der Waals surface area (Å²) in [7, 11) is 0. The van der Waals surface area contributed by atoms with Gasteiger partial charge in [-0.1, -0.05) is 18.0 Å². The fourth-order valence-corrected chi connectivity index (χ4v) is 2.67. The molecule has 2 aliphatic carbocycles. The van der Waals surface area contributed by atoms with E-state index < -0.39 is 5.82 Å². The van der Waals surface area contributed by atoms with E-state index in [9.17, 15) is 4.39 Å². The number of anilines is 2. The van der Waals surface area contributed by atoms with Crippen LogP contribution in [0, 0.1) is 5.82 Å². The minimum Gasteiger partial charge on any atom is -0.321 e. The van der Waals surface area contributed by atoms with Crippen LogP contribution in [0.15, 0.2) is 6.07 Å². The molecule has 0 unspecified atom stereocenters. The molecular weight excluding hydrogens is 293 g/mol. The van der Waals surface area contributed by atoms with E-state index in [1.54, 1.807) is 0 Å². The van der Waals surface area contributed by atoms with Crippen LogP contribution in [0.2, 0.25) is 5.15 Å². The second-order valence-electron chi connectivity index (χ2n) is 5.77. The lowest BCUT2D eigenvalue weighted by molar-refractivity contribution is 0.410. The van der Waals surface area contributed by atoms with Crippen LogP contribution >= 0.6 is 11.6 Å². The topological polar surface area (TPSA) is 66.5 Å². The smallest absolute Gasteiger partial charge is 0.203 e. The molecule has 0 spiro atoms. The number of H-pyrrole nitrogens is 1. The van der Waals surface area contributed by atoms with Crippen molar-refractivity contribution in [2.75, 3.05) is 5.32 Å². The number of hydrogen-bond donors (Lipinski definition) is 2. The molecular formula is C14H15ClFN5. The largest absolute Gasteiger partial charge is 0.321 e. The molecule has 2 saturated carbocycles. The van der Waals surface area contributed by atoms with Gasteiger partial charge in [0.05, 0.1) is 0 Å². The highest BCUT2D eigenvalue weighted by Crippen LogP contribution is 2.40. The van der Waals surface area contributed by atoms with Crippen molar-refractivity contribution < 1.29 is 4.39 Å². The van der Waals surface area contributed by atoms with E-state index in [4.69, 9.17) is 11.6 Å². The zero-order valence-corrected chi connectivity index (χ0v) is 12.1. The van der Waals surface area contributed by atoms with E-state index in [-0.39, 0.29) is 11.0 Å². The second-order valence-corrected chi connectivity index (χ2v) is 6.13. The summed E-state index contributed by atoms with van der Waals surface area (Å²) in [5.74, 6) is 1.51. The average Bonchev–Trinajstić information content (AvgIpc) is 3.15. The number of halogens is 2. The van der Waals surface area contributed by atoms with E-state index in [1.807, 2.05) is 6.07 Å². The van der Waals surface area contributed by atoms with Gasteiger partial charge in [-0.2, -0.15) is 9.49 Å². The van der Waals surface area contributed by atoms with E-state index in [2.05, 4.69) is 25.5 Å². The summed E-state index contributed by atoms with van der Waals surface area (Å²) < 4.78 is 14.0. The van der Waals surface area contributed by atoms with Crippen LogP contribution in [0.25, 0.3) is 0 Å². The summed E-state index contributed by atoms with van der Waals surface area (Å²) in [6.07, 6.45) is 5.70. The van der Waals surface area contributed by atoms with Crippen LogP contribution in [0.1, 0.15) is 55.5 Å². The minimum atomic E-state index is -0.630. The normalized spacial score (nSPS) is 18.6. The lowest BCUT2D eigenvalue weighted by Gasteiger charge is -2.23. The summed E-state index contributed by atoms with van der Waals surface area (Å²) in [4.78, 5) is 8.25. The number of nitrogens with one attached hydrogen (secondary N) is 2. The van der Waals surface area contributed by atoms with Crippen molar-refractivity contribution in [1.82, 2.24) is 20.2 Å². The molecule has 0 aromatic carbocycles. The van der Waals surface area contributed by atoms with Crippen LogP contribution in [0.5, 0.6) is 0 Å². The fraction of sp³-hybridized carbons (Fsp3) is 0.500. The maximum Gasteiger partial charge on any atom is 0.203 e. The Morgan fingerprint density at radius 1 is 1.19 bits per heavy atom. The fourth-order valence-electron chi connectivity index (χ4n) is 2.49. The molecule has 2 aromatic rings. The third-order valence-corrected chi connectivity index (χ3v) is 4.41. The molecule has 0 radical (unpaired) electrons. The lowest BCUT2D eigenvalue weighted by Crippen LogP contribution is -2.08. The Kier molecular flexibility index (Phi) is 3.06. The van der Waals surface area contributed by atoms with Gasteiger partial charge >= 0.3 is 0 Å². The Bertz CT molecular complexity index is 678. The molecule has 4 rings (SSSR count). The molecule has 21 heavy (non-hydrogen) atoms. The highest BCUT2D eigenvalue weighted by molar-refractivity contribution is 6.29. The van der Waals surface area contributed by atoms with Crippen molar-refractivity contribution in [3.05, 3.63) is 28.6 Å². The van der Waals surface area contributed by atoms with Gasteiger partial charge in [0.25, 0.3) is 0 Å². The molecule has 2 N–H and O–H groups in total. The third kappa shape index (κ3) is 2.48. The van der Waals surface area contributed by atoms with E-state index >= 15 is 0 Å². The molecule has 2 aromatic heterocycles. The molecule has 0 saturated heterocycles. The maximum absolute atomic E-state index is 14.0. The monoisotopic (exact) mass is 307 g/mol. The first-order valence-electron chi connectivity index (χ1n) is 7.26. The Labute approximate surface area is 126 Å². The Balaban J connectivity index is 1.59. The minimum absolute atomic E-state index is 0.101. The predicted molar refractivity (Wildman–Crippen MR) is 77.4 cm³/mol. The average molecular weight is 308 g/mol. The Morgan fingerprint density at radius 2 is 2.00 bits per heavy atom. The van der Waals surface area contributed by atoms with Gasteiger partial charge < -0.3 is 5.32 Å². The summed E-state index contributed by atoms with van der Waals surface area (Å²) in [5, 5.41) is 9.94. The first-order valence-corrected chi connectivity index (χ1v) is 7.64. The molecule has 2 fully saturated rings. The maximum atomic E-state index is 14.0. The van der Waals surface area contributed by atoms with E-state index in [0.717, 1.165) is 18.5 Å². The van der Waals surface area contributed by atoms with Crippen molar-refractivity contribution in [3.8, 4) is 0 Å². The number of rotatable bonds is 4. The van der Waals surface area contributed by atoms with Crippen LogP contribution in [-0.2, 0) is 0 Å². The zero-order chi connectivity index (χ0) is 14.4. The zero-order valence-electron chi connectivity index (χ0n) is 11.4. The lowest BCUT2D eigenvalue weighted by atomic mass is 9.83. The van der Waals surface area contributed by atoms with Crippen molar-refractivity contribution in [2.24, 2.45) is 0 Å². The van der Waals surface area contributed by atoms with Crippen molar-refractivity contribution in [2.45, 2.75) is 43.9 Å². The first kappa shape index (κ1) is 13.0. The standard InChI is InChI=1S/C14H15ClFN5/c15-12-11(16)14(19-13(18-12)8-4-5-8)17-10-6-9(20-21-10)7-2-1-3-7/h6-8H,1-5H2,(H2,17,18,19,20,21). The summed E-state index contributed by atoms with van der Waals surface area (Å²) in [6.45, 7) is 0. The van der Waals surface area contributed by atoms with Gasteiger partial charge in [-0.15, -0.1) is 0 Å². The summed E-state index contributed by atoms with van der Waals surface area (Å²) in [5.41, 5.74) is 1.09. The molecule has 0 bridgehead atoms. The van der Waals surface area contributed by atoms with Crippen molar-refractivity contribution >= 4 is 23.2 Å². The summed E-state index contributed by atoms with van der Waals surface area (Å²) >= 11 is 5.85. The number of hydrogen-bond acceptors (Lipinski definition) is 4. The number of aromatic nitrogens is 4. The van der Waals surface area contributed by atoms with Crippen molar-refractivity contribution in [3.63, 3.8) is 0 Å². The van der Waals surface area contributed by atoms with Crippen molar-refractivity contribution in [1.29, 1.82) is 0 Å². The predicted octanol–water partition coefficient (Wildman–Crippen LogP) is 3.88. The molecule has 0 aliphatic heterocycles. The Hall–Kier alpha value is -1.69. The molecule has 2 heterocycles. The van der Waals surface area contributed by atoms with Gasteiger partial charge in [-0.3, -0.25) is 5.10 Å². The number of aromatic amines is 1. The van der Waals surface area contributed by atoms with Crippen LogP contribution < -0.4 is 5.32 Å². The molecule has 7 heteroatoms. The molecule has 5 nitrogen and oxygen atoms in total. The first-order chi connectivity index (χ1) is 10.2. The summed E-state index contributed by atoms with van der Waals surface area (Å²) in [6, 6.07) is 1.91. The van der Waals surface area contributed by atoms with E-state index in [0.29, 0.717) is 23.5 Å². The molecule has 0 atom stereocenters. The van der Waals surface area contributed by atoms with Gasteiger partial charge in [-0.05, 0) is 25.7 Å². The second kappa shape index (κ2) is 4.94. The van der Waals surface area contributed by atoms with Gasteiger partial charge in [0.2, 0.25) is 5.82 Å². The van der Waals surface area contributed by atoms with Gasteiger partial charge in [-0.25, -0.2) is 9.97 Å². The molecule has 2 aliphatic rings. The molecule has 110 valence electrons. The van der Waals surface area contributed by atoms with Crippen LogP contribution in [-0.4, -0.2) is 20.2 Å². The number of nitrogens with zero attached hydrogens (tertiary/aromatic N) is 3. The molecule has 0 amide bonds. The van der Waals surface area contributed by atoms with Crippen LogP contribution in [0.3, 0.4) is 0 Å². The van der Waals surface area contributed by atoms with Gasteiger partial charge in [0, 0.05) is 23.6 Å². The van der Waals surface area contributed by atoms with Gasteiger partial charge in [0.15, 0.2) is 16.8 Å². The van der Waals surface area contributed by atoms with Crippen LogP contribution in [0.4, 0.5) is 16.0 Å². The highest BCUT2D eigenvalue weighted by Gasteiger charge is 2.29. The SMILES string of the molecule is Fc1c(Cl)nc(C2CC2)nc1Nc1cc(C2CCC2)[nH]n1. The quantitative estimate of drug-likeness (QED) is 0.841. The third-order valence-electron chi connectivity index (χ3n) is 4.16. The highest BCUT2D eigenvalue weighted by atomic mass is 35.5.